The van der Waals surface area contributed by atoms with Gasteiger partial charge >= 0.3 is 6.09 Å². The number of nitrogens with one attached hydrogen (secondary N) is 2. The molecule has 8 heteroatoms. The molecule has 0 radical (unpaired) electrons. The SMILES string of the molecule is CCNC(=NCC(NC(=O)OC(C)(C)C)c1ccccc1)N1CCC(N2CCOCC2)C1. The predicted octanol–water partition coefficient (Wildman–Crippen LogP) is 2.62. The molecule has 178 valence electrons. The molecular weight excluding hydrogens is 406 g/mol. The van der Waals surface area contributed by atoms with E-state index in [-0.39, 0.29) is 6.04 Å². The maximum atomic E-state index is 12.5. The number of amides is 1. The molecule has 8 nitrogen and oxygen atoms in total. The first kappa shape index (κ1) is 24.3. The van der Waals surface area contributed by atoms with Crippen molar-refractivity contribution in [3.05, 3.63) is 35.9 Å². The van der Waals surface area contributed by atoms with Gasteiger partial charge in [0.05, 0.1) is 25.8 Å². The number of nitrogens with zero attached hydrogens (tertiary/aromatic N) is 3. The van der Waals surface area contributed by atoms with Crippen LogP contribution in [0, 0.1) is 0 Å². The van der Waals surface area contributed by atoms with Crippen molar-refractivity contribution in [3.63, 3.8) is 0 Å². The fraction of sp³-hybridized carbons (Fsp3) is 0.667. The Morgan fingerprint density at radius 1 is 1.22 bits per heavy atom. The average Bonchev–Trinajstić information content (AvgIpc) is 3.26. The molecule has 2 aliphatic heterocycles. The molecule has 3 rings (SSSR count). The summed E-state index contributed by atoms with van der Waals surface area (Å²) >= 11 is 0. The zero-order chi connectivity index (χ0) is 23.0. The Hall–Kier alpha value is -2.32. The number of alkyl carbamates (subject to hydrolysis) is 1. The van der Waals surface area contributed by atoms with Gasteiger partial charge in [0, 0.05) is 38.8 Å². The minimum Gasteiger partial charge on any atom is -0.444 e. The van der Waals surface area contributed by atoms with Gasteiger partial charge in [-0.2, -0.15) is 0 Å². The van der Waals surface area contributed by atoms with Gasteiger partial charge in [-0.05, 0) is 39.7 Å². The molecule has 2 N–H and O–H groups in total. The fourth-order valence-electron chi connectivity index (χ4n) is 4.15. The smallest absolute Gasteiger partial charge is 0.408 e. The Balaban J connectivity index is 1.68. The largest absolute Gasteiger partial charge is 0.444 e. The van der Waals surface area contributed by atoms with Crippen molar-refractivity contribution in [3.8, 4) is 0 Å². The second-order valence-electron chi connectivity index (χ2n) is 9.34. The van der Waals surface area contributed by atoms with Gasteiger partial charge in [0.1, 0.15) is 5.60 Å². The summed E-state index contributed by atoms with van der Waals surface area (Å²) in [6, 6.07) is 10.2. The summed E-state index contributed by atoms with van der Waals surface area (Å²) in [7, 11) is 0. The predicted molar refractivity (Wildman–Crippen MR) is 127 cm³/mol. The molecule has 2 heterocycles. The molecule has 2 fully saturated rings. The number of rotatable bonds is 6. The maximum Gasteiger partial charge on any atom is 0.408 e. The number of aliphatic imine (C=N–C) groups is 1. The number of guanidine groups is 1. The molecule has 2 unspecified atom stereocenters. The van der Waals surface area contributed by atoms with E-state index in [9.17, 15) is 4.79 Å². The summed E-state index contributed by atoms with van der Waals surface area (Å²) < 4.78 is 11.0. The van der Waals surface area contributed by atoms with Crippen molar-refractivity contribution >= 4 is 12.1 Å². The van der Waals surface area contributed by atoms with Crippen LogP contribution in [0.2, 0.25) is 0 Å². The van der Waals surface area contributed by atoms with Crippen LogP contribution in [-0.4, -0.2) is 86.0 Å². The second kappa shape index (κ2) is 11.5. The Labute approximate surface area is 192 Å². The highest BCUT2D eigenvalue weighted by molar-refractivity contribution is 5.80. The zero-order valence-electron chi connectivity index (χ0n) is 20.0. The number of morpholine rings is 1. The lowest BCUT2D eigenvalue weighted by atomic mass is 10.1. The summed E-state index contributed by atoms with van der Waals surface area (Å²) in [5.74, 6) is 0.898. The first-order chi connectivity index (χ1) is 15.4. The van der Waals surface area contributed by atoms with Crippen LogP contribution in [-0.2, 0) is 9.47 Å². The van der Waals surface area contributed by atoms with Gasteiger partial charge in [-0.1, -0.05) is 30.3 Å². The quantitative estimate of drug-likeness (QED) is 0.518. The van der Waals surface area contributed by atoms with Crippen LogP contribution in [0.1, 0.15) is 45.7 Å². The fourth-order valence-corrected chi connectivity index (χ4v) is 4.15. The van der Waals surface area contributed by atoms with Crippen molar-refractivity contribution in [1.82, 2.24) is 20.4 Å². The minimum atomic E-state index is -0.548. The van der Waals surface area contributed by atoms with Crippen molar-refractivity contribution in [2.45, 2.75) is 51.8 Å². The lowest BCUT2D eigenvalue weighted by Gasteiger charge is -2.32. The van der Waals surface area contributed by atoms with E-state index in [0.717, 1.165) is 63.9 Å². The van der Waals surface area contributed by atoms with Crippen molar-refractivity contribution in [2.75, 3.05) is 52.5 Å². The molecular formula is C24H39N5O3. The van der Waals surface area contributed by atoms with Crippen molar-refractivity contribution < 1.29 is 14.3 Å². The topological polar surface area (TPSA) is 78.4 Å². The van der Waals surface area contributed by atoms with Crippen LogP contribution in [0.5, 0.6) is 0 Å². The molecule has 1 aromatic carbocycles. The molecule has 1 aromatic rings. The van der Waals surface area contributed by atoms with Crippen LogP contribution in [0.25, 0.3) is 0 Å². The molecule has 2 saturated heterocycles. The molecule has 32 heavy (non-hydrogen) atoms. The van der Waals surface area contributed by atoms with Gasteiger partial charge < -0.3 is 25.0 Å². The highest BCUT2D eigenvalue weighted by Gasteiger charge is 2.30. The van der Waals surface area contributed by atoms with E-state index in [1.807, 2.05) is 51.1 Å². The molecule has 1 amide bonds. The molecule has 2 atom stereocenters. The lowest BCUT2D eigenvalue weighted by Crippen LogP contribution is -2.47. The molecule has 0 bridgehead atoms. The first-order valence-electron chi connectivity index (χ1n) is 11.7. The summed E-state index contributed by atoms with van der Waals surface area (Å²) in [6.07, 6.45) is 0.697. The Morgan fingerprint density at radius 2 is 1.94 bits per heavy atom. The van der Waals surface area contributed by atoms with Crippen molar-refractivity contribution in [1.29, 1.82) is 0 Å². The van der Waals surface area contributed by atoms with Gasteiger partial charge in [0.15, 0.2) is 5.96 Å². The first-order valence-corrected chi connectivity index (χ1v) is 11.7. The van der Waals surface area contributed by atoms with Crippen molar-refractivity contribution in [2.24, 2.45) is 4.99 Å². The number of carbonyl (C=O) groups excluding carboxylic acids is 1. The Morgan fingerprint density at radius 3 is 2.59 bits per heavy atom. The van der Waals surface area contributed by atoms with E-state index >= 15 is 0 Å². The van der Waals surface area contributed by atoms with E-state index in [1.54, 1.807) is 0 Å². The van der Waals surface area contributed by atoms with Crippen LogP contribution in [0.4, 0.5) is 4.79 Å². The van der Waals surface area contributed by atoms with Crippen LogP contribution in [0.15, 0.2) is 35.3 Å². The third kappa shape index (κ3) is 7.38. The summed E-state index contributed by atoms with van der Waals surface area (Å²) in [4.78, 5) is 22.2. The van der Waals surface area contributed by atoms with Gasteiger partial charge in [0.2, 0.25) is 0 Å². The number of likely N-dealkylation sites (tertiary alicyclic amines) is 1. The zero-order valence-corrected chi connectivity index (χ0v) is 20.0. The lowest BCUT2D eigenvalue weighted by molar-refractivity contribution is 0.0195. The van der Waals surface area contributed by atoms with E-state index in [0.29, 0.717) is 12.6 Å². The van der Waals surface area contributed by atoms with Crippen LogP contribution < -0.4 is 10.6 Å². The van der Waals surface area contributed by atoms with Gasteiger partial charge in [-0.25, -0.2) is 4.79 Å². The Bertz CT molecular complexity index is 744. The third-order valence-electron chi connectivity index (χ3n) is 5.68. The number of hydrogen-bond donors (Lipinski definition) is 2. The van der Waals surface area contributed by atoms with E-state index in [4.69, 9.17) is 14.5 Å². The third-order valence-corrected chi connectivity index (χ3v) is 5.68. The molecule has 0 saturated carbocycles. The number of benzene rings is 1. The highest BCUT2D eigenvalue weighted by atomic mass is 16.6. The summed E-state index contributed by atoms with van der Waals surface area (Å²) in [5.41, 5.74) is 0.457. The van der Waals surface area contributed by atoms with Gasteiger partial charge in [-0.3, -0.25) is 9.89 Å². The molecule has 0 spiro atoms. The molecule has 0 aliphatic carbocycles. The van der Waals surface area contributed by atoms with E-state index in [2.05, 4.69) is 27.4 Å². The van der Waals surface area contributed by atoms with E-state index in [1.165, 1.54) is 0 Å². The standard InChI is InChI=1S/C24H39N5O3/c1-5-25-22(29-12-11-20(18-29)28-13-15-31-16-14-28)26-17-21(19-9-7-6-8-10-19)27-23(30)32-24(2,3)4/h6-10,20-21H,5,11-18H2,1-4H3,(H,25,26)(H,27,30). The number of hydrogen-bond acceptors (Lipinski definition) is 5. The average molecular weight is 446 g/mol. The summed E-state index contributed by atoms with van der Waals surface area (Å²) in [6.45, 7) is 14.5. The number of ether oxygens (including phenoxy) is 2. The van der Waals surface area contributed by atoms with Crippen LogP contribution in [0.3, 0.4) is 0 Å². The van der Waals surface area contributed by atoms with Gasteiger partial charge in [0.25, 0.3) is 0 Å². The van der Waals surface area contributed by atoms with Crippen LogP contribution >= 0.6 is 0 Å². The molecule has 0 aromatic heterocycles. The van der Waals surface area contributed by atoms with Gasteiger partial charge in [-0.15, -0.1) is 0 Å². The van der Waals surface area contributed by atoms with E-state index < -0.39 is 11.7 Å². The monoisotopic (exact) mass is 445 g/mol. The summed E-state index contributed by atoms with van der Waals surface area (Å²) in [5, 5.41) is 6.44. The number of carbonyl (C=O) groups is 1. The Kier molecular flexibility index (Phi) is 8.75. The maximum absolute atomic E-state index is 12.5. The normalized spacial score (nSPS) is 21.3. The molecule has 2 aliphatic rings. The second-order valence-corrected chi connectivity index (χ2v) is 9.34. The minimum absolute atomic E-state index is 0.266. The highest BCUT2D eigenvalue weighted by Crippen LogP contribution is 2.19.